The van der Waals surface area contributed by atoms with Gasteiger partial charge in [-0.2, -0.15) is 0 Å². The van der Waals surface area contributed by atoms with Gasteiger partial charge in [0, 0.05) is 5.75 Å². The number of benzene rings is 3. The smallest absolute Gasteiger partial charge is 0.335 e. The highest BCUT2D eigenvalue weighted by Crippen LogP contribution is 2.23. The molecule has 174 valence electrons. The molecule has 0 aliphatic carbocycles. The van der Waals surface area contributed by atoms with Gasteiger partial charge in [0.05, 0.1) is 40.6 Å². The van der Waals surface area contributed by atoms with Gasteiger partial charge in [-0.25, -0.2) is 14.5 Å². The Bertz CT molecular complexity index is 1580. The van der Waals surface area contributed by atoms with Crippen LogP contribution in [0.3, 0.4) is 0 Å². The van der Waals surface area contributed by atoms with Crippen molar-refractivity contribution in [2.45, 2.75) is 24.4 Å². The number of carbonyl (C=O) groups is 1. The van der Waals surface area contributed by atoms with Gasteiger partial charge in [0.1, 0.15) is 0 Å². The number of aryl methyl sites for hydroxylation is 1. The Morgan fingerprint density at radius 3 is 2.54 bits per heavy atom. The molecule has 0 fully saturated rings. The minimum atomic E-state index is -0.980. The van der Waals surface area contributed by atoms with Crippen molar-refractivity contribution in [3.8, 4) is 5.69 Å². The number of aromatic carboxylic acids is 1. The average Bonchev–Trinajstić information content (AvgIpc) is 3.34. The van der Waals surface area contributed by atoms with Crippen LogP contribution in [-0.2, 0) is 12.3 Å². The number of carboxylic acids is 1. The molecular weight excluding hydrogens is 462 g/mol. The lowest BCUT2D eigenvalue weighted by Gasteiger charge is -2.13. The molecule has 0 saturated carbocycles. The molecule has 0 aliphatic heterocycles. The molecule has 0 aliphatic rings. The van der Waals surface area contributed by atoms with E-state index in [-0.39, 0.29) is 11.1 Å². The lowest BCUT2D eigenvalue weighted by molar-refractivity contribution is 0.0697. The third-order valence-electron chi connectivity index (χ3n) is 5.53. The van der Waals surface area contributed by atoms with Gasteiger partial charge in [-0.05, 0) is 54.4 Å². The molecule has 3 aromatic carbocycles. The zero-order valence-corrected chi connectivity index (χ0v) is 19.6. The number of aromatic nitrogens is 5. The minimum absolute atomic E-state index is 0.0801. The average molecular weight is 484 g/mol. The van der Waals surface area contributed by atoms with E-state index in [0.717, 1.165) is 11.1 Å². The molecule has 0 bridgehead atoms. The predicted molar refractivity (Wildman–Crippen MR) is 134 cm³/mol. The first kappa shape index (κ1) is 22.5. The van der Waals surface area contributed by atoms with Crippen LogP contribution < -0.4 is 5.56 Å². The van der Waals surface area contributed by atoms with Gasteiger partial charge in [0.15, 0.2) is 5.16 Å². The van der Waals surface area contributed by atoms with Gasteiger partial charge in [-0.15, -0.1) is 5.10 Å². The molecule has 2 heterocycles. The normalized spacial score (nSPS) is 11.1. The largest absolute Gasteiger partial charge is 0.478 e. The van der Waals surface area contributed by atoms with Crippen molar-refractivity contribution in [1.29, 1.82) is 0 Å². The third kappa shape index (κ3) is 4.85. The SMILES string of the molecule is Cc1ccc2c(=O)n(Cc3ccccc3)c(SCc3cn(-c4ccc(C(=O)O)cc4)nn3)nc2c1. The molecule has 9 heteroatoms. The molecule has 0 amide bonds. The number of carboxylic acid groups (broad SMARTS) is 1. The second-order valence-corrected chi connectivity index (χ2v) is 9.03. The summed E-state index contributed by atoms with van der Waals surface area (Å²) in [6, 6.07) is 21.9. The van der Waals surface area contributed by atoms with Crippen LogP contribution in [0, 0.1) is 6.92 Å². The van der Waals surface area contributed by atoms with Gasteiger partial charge in [-0.3, -0.25) is 9.36 Å². The Kier molecular flexibility index (Phi) is 6.15. The zero-order chi connectivity index (χ0) is 24.4. The molecule has 0 unspecified atom stereocenters. The van der Waals surface area contributed by atoms with E-state index < -0.39 is 5.97 Å². The summed E-state index contributed by atoms with van der Waals surface area (Å²) in [5.41, 5.74) is 4.27. The Balaban J connectivity index is 1.44. The summed E-state index contributed by atoms with van der Waals surface area (Å²) < 4.78 is 3.29. The van der Waals surface area contributed by atoms with E-state index in [4.69, 9.17) is 10.1 Å². The maximum Gasteiger partial charge on any atom is 0.335 e. The maximum atomic E-state index is 13.4. The monoisotopic (exact) mass is 483 g/mol. The van der Waals surface area contributed by atoms with Gasteiger partial charge >= 0.3 is 5.97 Å². The molecule has 2 aromatic heterocycles. The van der Waals surface area contributed by atoms with E-state index in [1.54, 1.807) is 27.6 Å². The minimum Gasteiger partial charge on any atom is -0.478 e. The molecule has 0 radical (unpaired) electrons. The number of nitrogens with zero attached hydrogens (tertiary/aromatic N) is 5. The van der Waals surface area contributed by atoms with Crippen molar-refractivity contribution in [2.24, 2.45) is 0 Å². The molecule has 5 aromatic rings. The fourth-order valence-electron chi connectivity index (χ4n) is 3.71. The lowest BCUT2D eigenvalue weighted by Crippen LogP contribution is -2.24. The fourth-order valence-corrected chi connectivity index (χ4v) is 4.59. The number of rotatable bonds is 7. The van der Waals surface area contributed by atoms with Crippen molar-refractivity contribution >= 4 is 28.6 Å². The van der Waals surface area contributed by atoms with Crippen LogP contribution in [0.5, 0.6) is 0 Å². The van der Waals surface area contributed by atoms with Crippen molar-refractivity contribution in [3.63, 3.8) is 0 Å². The molecule has 35 heavy (non-hydrogen) atoms. The standard InChI is InChI=1S/C26H21N5O3S/c1-17-7-12-22-23(13-17)27-26(30(24(22)32)14-18-5-3-2-4-6-18)35-16-20-15-31(29-28-20)21-10-8-19(9-11-21)25(33)34/h2-13,15H,14,16H2,1H3,(H,33,34). The van der Waals surface area contributed by atoms with Crippen molar-refractivity contribution in [3.05, 3.63) is 112 Å². The van der Waals surface area contributed by atoms with Crippen LogP contribution in [0.25, 0.3) is 16.6 Å². The van der Waals surface area contributed by atoms with E-state index in [0.29, 0.717) is 39.7 Å². The van der Waals surface area contributed by atoms with Crippen LogP contribution in [-0.4, -0.2) is 35.6 Å². The molecule has 0 saturated heterocycles. The second-order valence-electron chi connectivity index (χ2n) is 8.09. The van der Waals surface area contributed by atoms with Crippen LogP contribution in [0.1, 0.15) is 27.2 Å². The highest BCUT2D eigenvalue weighted by molar-refractivity contribution is 7.98. The van der Waals surface area contributed by atoms with E-state index >= 15 is 0 Å². The topological polar surface area (TPSA) is 103 Å². The molecule has 1 N–H and O–H groups in total. The zero-order valence-electron chi connectivity index (χ0n) is 18.8. The third-order valence-corrected chi connectivity index (χ3v) is 6.54. The summed E-state index contributed by atoms with van der Waals surface area (Å²) in [5.74, 6) is -0.516. The Morgan fingerprint density at radius 2 is 1.80 bits per heavy atom. The van der Waals surface area contributed by atoms with Crippen molar-refractivity contribution in [2.75, 3.05) is 0 Å². The Labute approximate surface area is 204 Å². The lowest BCUT2D eigenvalue weighted by atomic mass is 10.1. The molecule has 8 nitrogen and oxygen atoms in total. The fraction of sp³-hybridized carbons (Fsp3) is 0.115. The van der Waals surface area contributed by atoms with E-state index in [1.165, 1.54) is 23.9 Å². The molecular formula is C26H21N5O3S. The summed E-state index contributed by atoms with van der Waals surface area (Å²) in [5, 5.41) is 18.7. The molecule has 0 spiro atoms. The Hall–Kier alpha value is -4.24. The summed E-state index contributed by atoms with van der Waals surface area (Å²) in [4.78, 5) is 29.3. The Morgan fingerprint density at radius 1 is 1.03 bits per heavy atom. The van der Waals surface area contributed by atoms with E-state index in [1.807, 2.05) is 55.5 Å². The first-order valence-corrected chi connectivity index (χ1v) is 11.9. The van der Waals surface area contributed by atoms with Crippen LogP contribution >= 0.6 is 11.8 Å². The predicted octanol–water partition coefficient (Wildman–Crippen LogP) is 4.32. The summed E-state index contributed by atoms with van der Waals surface area (Å²) >= 11 is 1.43. The first-order valence-electron chi connectivity index (χ1n) is 10.9. The number of fused-ring (bicyclic) bond motifs is 1. The molecule has 0 atom stereocenters. The summed E-state index contributed by atoms with van der Waals surface area (Å²) in [6.07, 6.45) is 1.79. The first-order chi connectivity index (χ1) is 17.0. The quantitative estimate of drug-likeness (QED) is 0.272. The van der Waals surface area contributed by atoms with Crippen molar-refractivity contribution < 1.29 is 9.90 Å². The number of thioether (sulfide) groups is 1. The van der Waals surface area contributed by atoms with Gasteiger partial charge in [-0.1, -0.05) is 53.4 Å². The number of hydrogen-bond acceptors (Lipinski definition) is 6. The van der Waals surface area contributed by atoms with E-state index in [9.17, 15) is 9.59 Å². The number of hydrogen-bond donors (Lipinski definition) is 1. The maximum absolute atomic E-state index is 13.4. The highest BCUT2D eigenvalue weighted by atomic mass is 32.2. The van der Waals surface area contributed by atoms with Gasteiger partial charge in [0.2, 0.25) is 0 Å². The second kappa shape index (κ2) is 9.55. The van der Waals surface area contributed by atoms with Crippen molar-refractivity contribution in [1.82, 2.24) is 24.5 Å². The van der Waals surface area contributed by atoms with Gasteiger partial charge < -0.3 is 5.11 Å². The summed E-state index contributed by atoms with van der Waals surface area (Å²) in [6.45, 7) is 2.40. The van der Waals surface area contributed by atoms with Crippen LogP contribution in [0.2, 0.25) is 0 Å². The summed E-state index contributed by atoms with van der Waals surface area (Å²) in [7, 11) is 0. The van der Waals surface area contributed by atoms with E-state index in [2.05, 4.69) is 10.3 Å². The van der Waals surface area contributed by atoms with Crippen LogP contribution in [0.15, 0.2) is 88.9 Å². The van der Waals surface area contributed by atoms with Crippen LogP contribution in [0.4, 0.5) is 0 Å². The van der Waals surface area contributed by atoms with Gasteiger partial charge in [0.25, 0.3) is 5.56 Å². The highest BCUT2D eigenvalue weighted by Gasteiger charge is 2.14. The molecule has 5 rings (SSSR count).